The fourth-order valence-electron chi connectivity index (χ4n) is 0.928. The maximum Gasteiger partial charge on any atom is 0.307 e. The molecule has 0 aromatic rings. The van der Waals surface area contributed by atoms with Crippen LogP contribution < -0.4 is 0 Å². The molecule has 5 nitrogen and oxygen atoms in total. The SMILES string of the molecule is CC(CN(C)S(=O)(=O)C(C)C)C(=O)O. The molecule has 0 aliphatic heterocycles. The van der Waals surface area contributed by atoms with E-state index in [2.05, 4.69) is 0 Å². The van der Waals surface area contributed by atoms with E-state index in [1.807, 2.05) is 0 Å². The van der Waals surface area contributed by atoms with E-state index < -0.39 is 27.2 Å². The van der Waals surface area contributed by atoms with Gasteiger partial charge in [-0.15, -0.1) is 0 Å². The van der Waals surface area contributed by atoms with Crippen molar-refractivity contribution in [1.29, 1.82) is 0 Å². The Labute approximate surface area is 84.8 Å². The lowest BCUT2D eigenvalue weighted by Gasteiger charge is -2.21. The largest absolute Gasteiger partial charge is 0.481 e. The van der Waals surface area contributed by atoms with Crippen LogP contribution in [0, 0.1) is 5.92 Å². The zero-order chi connectivity index (χ0) is 11.5. The van der Waals surface area contributed by atoms with Gasteiger partial charge in [-0.25, -0.2) is 12.7 Å². The third-order valence-electron chi connectivity index (χ3n) is 1.98. The lowest BCUT2D eigenvalue weighted by molar-refractivity contribution is -0.141. The second kappa shape index (κ2) is 4.75. The van der Waals surface area contributed by atoms with Crippen LogP contribution in [0.4, 0.5) is 0 Å². The molecule has 0 spiro atoms. The van der Waals surface area contributed by atoms with Gasteiger partial charge in [-0.3, -0.25) is 4.79 Å². The number of sulfonamides is 1. The summed E-state index contributed by atoms with van der Waals surface area (Å²) in [4.78, 5) is 10.5. The zero-order valence-electron chi connectivity index (χ0n) is 8.89. The Hall–Kier alpha value is -0.620. The molecule has 0 aliphatic carbocycles. The third-order valence-corrected chi connectivity index (χ3v) is 4.19. The van der Waals surface area contributed by atoms with Crippen molar-refractivity contribution >= 4 is 16.0 Å². The van der Waals surface area contributed by atoms with Crippen molar-refractivity contribution in [2.75, 3.05) is 13.6 Å². The van der Waals surface area contributed by atoms with Crippen LogP contribution in [0.3, 0.4) is 0 Å². The van der Waals surface area contributed by atoms with E-state index in [-0.39, 0.29) is 6.54 Å². The Kier molecular flexibility index (Phi) is 4.54. The first-order chi connectivity index (χ1) is 6.19. The Morgan fingerprint density at radius 1 is 1.36 bits per heavy atom. The van der Waals surface area contributed by atoms with E-state index in [9.17, 15) is 13.2 Å². The molecule has 1 N–H and O–H groups in total. The Morgan fingerprint density at radius 3 is 2.07 bits per heavy atom. The van der Waals surface area contributed by atoms with Gasteiger partial charge in [-0.05, 0) is 13.8 Å². The van der Waals surface area contributed by atoms with Gasteiger partial charge in [-0.1, -0.05) is 6.92 Å². The highest BCUT2D eigenvalue weighted by molar-refractivity contribution is 7.89. The predicted molar refractivity (Wildman–Crippen MR) is 53.5 cm³/mol. The molecule has 1 atom stereocenters. The molecule has 1 unspecified atom stereocenters. The minimum atomic E-state index is -3.34. The maximum absolute atomic E-state index is 11.5. The molecule has 0 aliphatic rings. The van der Waals surface area contributed by atoms with E-state index >= 15 is 0 Å². The number of carbonyl (C=O) groups is 1. The van der Waals surface area contributed by atoms with Crippen molar-refractivity contribution in [1.82, 2.24) is 4.31 Å². The van der Waals surface area contributed by atoms with Crippen LogP contribution in [0.1, 0.15) is 20.8 Å². The summed E-state index contributed by atoms with van der Waals surface area (Å²) in [5.41, 5.74) is 0. The number of carboxylic acids is 1. The molecule has 14 heavy (non-hydrogen) atoms. The standard InChI is InChI=1S/C8H17NO4S/c1-6(2)14(12,13)9(4)5-7(3)8(10)11/h6-7H,5H2,1-4H3,(H,10,11). The molecule has 0 amide bonds. The van der Waals surface area contributed by atoms with Crippen LogP contribution in [-0.4, -0.2) is 42.6 Å². The van der Waals surface area contributed by atoms with E-state index in [0.29, 0.717) is 0 Å². The average Bonchev–Trinajstić information content (AvgIpc) is 2.03. The summed E-state index contributed by atoms with van der Waals surface area (Å²) in [6.07, 6.45) is 0. The summed E-state index contributed by atoms with van der Waals surface area (Å²) in [5.74, 6) is -1.68. The third kappa shape index (κ3) is 3.26. The number of nitrogens with zero attached hydrogens (tertiary/aromatic N) is 1. The smallest absolute Gasteiger partial charge is 0.307 e. The van der Waals surface area contributed by atoms with E-state index in [0.717, 1.165) is 4.31 Å². The molecular formula is C8H17NO4S. The van der Waals surface area contributed by atoms with Gasteiger partial charge in [0.05, 0.1) is 11.2 Å². The van der Waals surface area contributed by atoms with Gasteiger partial charge < -0.3 is 5.11 Å². The molecule has 6 heteroatoms. The average molecular weight is 223 g/mol. The minimum Gasteiger partial charge on any atom is -0.481 e. The fourth-order valence-corrected chi connectivity index (χ4v) is 2.08. The van der Waals surface area contributed by atoms with Gasteiger partial charge in [0.25, 0.3) is 0 Å². The topological polar surface area (TPSA) is 74.7 Å². The van der Waals surface area contributed by atoms with Crippen molar-refractivity contribution < 1.29 is 18.3 Å². The van der Waals surface area contributed by atoms with E-state index in [4.69, 9.17) is 5.11 Å². The van der Waals surface area contributed by atoms with Crippen molar-refractivity contribution in [3.63, 3.8) is 0 Å². The van der Waals surface area contributed by atoms with Crippen LogP contribution in [0.2, 0.25) is 0 Å². The quantitative estimate of drug-likeness (QED) is 0.731. The molecule has 0 saturated carbocycles. The highest BCUT2D eigenvalue weighted by atomic mass is 32.2. The van der Waals surface area contributed by atoms with Gasteiger partial charge in [0, 0.05) is 13.6 Å². The van der Waals surface area contributed by atoms with Crippen LogP contribution in [0.15, 0.2) is 0 Å². The van der Waals surface area contributed by atoms with Crippen molar-refractivity contribution in [3.05, 3.63) is 0 Å². The first-order valence-corrected chi connectivity index (χ1v) is 5.87. The van der Waals surface area contributed by atoms with Gasteiger partial charge in [0.15, 0.2) is 0 Å². The van der Waals surface area contributed by atoms with Crippen LogP contribution >= 0.6 is 0 Å². The molecule has 84 valence electrons. The highest BCUT2D eigenvalue weighted by Crippen LogP contribution is 2.08. The summed E-state index contributed by atoms with van der Waals surface area (Å²) >= 11 is 0. The maximum atomic E-state index is 11.5. The first-order valence-electron chi connectivity index (χ1n) is 4.37. The van der Waals surface area contributed by atoms with Crippen molar-refractivity contribution in [2.24, 2.45) is 5.92 Å². The van der Waals surface area contributed by atoms with Gasteiger partial charge in [0.2, 0.25) is 10.0 Å². The summed E-state index contributed by atoms with van der Waals surface area (Å²) in [7, 11) is -1.94. The number of aliphatic carboxylic acids is 1. The monoisotopic (exact) mass is 223 g/mol. The number of hydrogen-bond acceptors (Lipinski definition) is 3. The first kappa shape index (κ1) is 13.4. The van der Waals surface area contributed by atoms with Crippen molar-refractivity contribution in [2.45, 2.75) is 26.0 Å². The predicted octanol–water partition coefficient (Wildman–Crippen LogP) is 0.377. The lowest BCUT2D eigenvalue weighted by Crippen LogP contribution is -2.37. The Morgan fingerprint density at radius 2 is 1.79 bits per heavy atom. The Balaban J connectivity index is 4.51. The fraction of sp³-hybridized carbons (Fsp3) is 0.875. The summed E-state index contributed by atoms with van der Waals surface area (Å²) in [5, 5.41) is 8.09. The number of hydrogen-bond donors (Lipinski definition) is 1. The van der Waals surface area contributed by atoms with E-state index in [1.165, 1.54) is 14.0 Å². The molecule has 0 aromatic carbocycles. The zero-order valence-corrected chi connectivity index (χ0v) is 9.71. The number of carboxylic acid groups (broad SMARTS) is 1. The molecule has 0 bridgehead atoms. The molecule has 0 rings (SSSR count). The molecule has 0 saturated heterocycles. The summed E-state index contributed by atoms with van der Waals surface area (Å²) in [6, 6.07) is 0. The Bertz CT molecular complexity index is 296. The normalized spacial score (nSPS) is 14.7. The van der Waals surface area contributed by atoms with Crippen LogP contribution in [0.5, 0.6) is 0 Å². The lowest BCUT2D eigenvalue weighted by atomic mass is 10.2. The highest BCUT2D eigenvalue weighted by Gasteiger charge is 2.25. The van der Waals surface area contributed by atoms with Crippen LogP contribution in [-0.2, 0) is 14.8 Å². The van der Waals surface area contributed by atoms with Gasteiger partial charge in [0.1, 0.15) is 0 Å². The summed E-state index contributed by atoms with van der Waals surface area (Å²) in [6.45, 7) is 4.62. The van der Waals surface area contributed by atoms with Crippen LogP contribution in [0.25, 0.3) is 0 Å². The minimum absolute atomic E-state index is 0.00977. The van der Waals surface area contributed by atoms with E-state index in [1.54, 1.807) is 13.8 Å². The molecule has 0 aromatic heterocycles. The molecule has 0 radical (unpaired) electrons. The molecular weight excluding hydrogens is 206 g/mol. The van der Waals surface area contributed by atoms with Gasteiger partial charge >= 0.3 is 5.97 Å². The molecule has 0 heterocycles. The summed E-state index contributed by atoms with van der Waals surface area (Å²) < 4.78 is 24.1. The van der Waals surface area contributed by atoms with Gasteiger partial charge in [-0.2, -0.15) is 0 Å². The van der Waals surface area contributed by atoms with Crippen molar-refractivity contribution in [3.8, 4) is 0 Å². The second-order valence-electron chi connectivity index (χ2n) is 3.61. The second-order valence-corrected chi connectivity index (χ2v) is 6.21. The number of rotatable bonds is 5. The molecule has 0 fully saturated rings.